The van der Waals surface area contributed by atoms with E-state index >= 15 is 0 Å². The minimum absolute atomic E-state index is 0.0372. The second-order valence-corrected chi connectivity index (χ2v) is 12.2. The van der Waals surface area contributed by atoms with Crippen LogP contribution in [0.4, 0.5) is 17.1 Å². The Labute approximate surface area is 262 Å². The minimum Gasteiger partial charge on any atom is -0.378 e. The van der Waals surface area contributed by atoms with Crippen molar-refractivity contribution in [2.75, 3.05) is 43.0 Å². The van der Waals surface area contributed by atoms with E-state index in [2.05, 4.69) is 114 Å². The number of nitrogens with zero attached hydrogens (tertiary/aromatic N) is 3. The molecule has 224 valence electrons. The molecule has 10 heteroatoms. The topological polar surface area (TPSA) is 73.5 Å². The van der Waals surface area contributed by atoms with Crippen LogP contribution in [0, 0.1) is 9.54 Å². The molecule has 0 radical (unpaired) electrons. The maximum absolute atomic E-state index is 6.42. The lowest BCUT2D eigenvalue weighted by atomic mass is 9.75. The number of hydrogen-bond acceptors (Lipinski definition) is 7. The molecule has 0 spiro atoms. The van der Waals surface area contributed by atoms with Crippen LogP contribution in [-0.4, -0.2) is 60.8 Å². The highest BCUT2D eigenvalue weighted by Gasteiger charge is 2.47. The van der Waals surface area contributed by atoms with Gasteiger partial charge in [0.25, 0.3) is 0 Å². The summed E-state index contributed by atoms with van der Waals surface area (Å²) >= 11 is 10.7. The number of H-pyrrole nitrogens is 2. The quantitative estimate of drug-likeness (QED) is 0.0944. The Balaban J connectivity index is 1.16. The first-order chi connectivity index (χ1) is 20.8. The monoisotopic (exact) mass is 614 g/mol. The summed E-state index contributed by atoms with van der Waals surface area (Å²) in [4.78, 5) is 10.6. The van der Waals surface area contributed by atoms with Crippen molar-refractivity contribution < 1.29 is 9.57 Å². The zero-order valence-electron chi connectivity index (χ0n) is 24.9. The summed E-state index contributed by atoms with van der Waals surface area (Å²) in [6.45, 7) is 2.86. The number of ether oxygens (including phenoxy) is 1. The van der Waals surface area contributed by atoms with Gasteiger partial charge in [-0.1, -0.05) is 49.4 Å². The van der Waals surface area contributed by atoms with E-state index in [9.17, 15) is 0 Å². The Morgan fingerprint density at radius 1 is 0.860 bits per heavy atom. The smallest absolute Gasteiger partial charge is 0.198 e. The van der Waals surface area contributed by atoms with Gasteiger partial charge in [0.2, 0.25) is 0 Å². The number of anilines is 3. The van der Waals surface area contributed by atoms with Crippen LogP contribution >= 0.6 is 24.4 Å². The molecule has 1 aromatic heterocycles. The minimum atomic E-state index is -0.0372. The van der Waals surface area contributed by atoms with Gasteiger partial charge < -0.3 is 14.5 Å². The molecule has 0 saturated carbocycles. The lowest BCUT2D eigenvalue weighted by Gasteiger charge is -2.29. The molecule has 6 rings (SSSR count). The summed E-state index contributed by atoms with van der Waals surface area (Å²) in [6.07, 6.45) is 5.46. The van der Waals surface area contributed by atoms with E-state index in [0.29, 0.717) is 9.54 Å². The van der Waals surface area contributed by atoms with Crippen molar-refractivity contribution in [3.05, 3.63) is 106 Å². The molecule has 3 heterocycles. The Hall–Kier alpha value is -3.70. The predicted octanol–water partition coefficient (Wildman–Crippen LogP) is 7.12. The van der Waals surface area contributed by atoms with Crippen LogP contribution in [0.3, 0.4) is 0 Å². The molecule has 2 bridgehead atoms. The summed E-state index contributed by atoms with van der Waals surface area (Å²) < 4.78 is 9.22. The van der Waals surface area contributed by atoms with Gasteiger partial charge in [-0.05, 0) is 84.4 Å². The number of aromatic amines is 2. The summed E-state index contributed by atoms with van der Waals surface area (Å²) in [5.74, 6) is 0.535. The number of likely N-dealkylation sites (N-methyl/N-ethyl adjacent to an activating group) is 1. The third-order valence-corrected chi connectivity index (χ3v) is 9.00. The summed E-state index contributed by atoms with van der Waals surface area (Å²) in [6, 6.07) is 25.6. The Bertz CT molecular complexity index is 1700. The zero-order chi connectivity index (χ0) is 30.1. The molecule has 1 saturated heterocycles. The first-order valence-corrected chi connectivity index (χ1v) is 15.5. The largest absolute Gasteiger partial charge is 0.378 e. The van der Waals surface area contributed by atoms with E-state index in [4.69, 9.17) is 34.0 Å². The standard InChI is InChI=1S/C33H38N6O2S2/c1-5-27(41-36-23-11-8-14-26(19-23)39-32(42)34-35-33(39)43)20-38(4)25-13-7-10-22(18-25)31-29-16-15-28(40-29)30(31)21-9-6-12-24(17-21)37(2)3/h6-19,27-31,36H,5,20H2,1-4H3,(H,34,42)(H,35,43). The van der Waals surface area contributed by atoms with Gasteiger partial charge in [-0.2, -0.15) is 0 Å². The van der Waals surface area contributed by atoms with E-state index in [0.717, 1.165) is 30.0 Å². The van der Waals surface area contributed by atoms with Gasteiger partial charge in [0.05, 0.1) is 23.6 Å². The highest BCUT2D eigenvalue weighted by Crippen LogP contribution is 2.51. The first kappa shape index (κ1) is 29.4. The van der Waals surface area contributed by atoms with Gasteiger partial charge >= 0.3 is 0 Å². The van der Waals surface area contributed by atoms with Crippen LogP contribution < -0.4 is 15.3 Å². The number of fused-ring (bicyclic) bond motifs is 2. The maximum Gasteiger partial charge on any atom is 0.198 e. The van der Waals surface area contributed by atoms with Crippen molar-refractivity contribution >= 4 is 41.5 Å². The Morgan fingerprint density at radius 3 is 2.09 bits per heavy atom. The second-order valence-electron chi connectivity index (χ2n) is 11.5. The molecule has 5 unspecified atom stereocenters. The van der Waals surface area contributed by atoms with Crippen LogP contribution in [0.1, 0.15) is 36.3 Å². The van der Waals surface area contributed by atoms with E-state index < -0.39 is 0 Å². The van der Waals surface area contributed by atoms with Gasteiger partial charge in [-0.25, -0.2) is 0 Å². The number of aromatic nitrogens is 3. The summed E-state index contributed by atoms with van der Waals surface area (Å²) in [7, 11) is 6.29. The molecule has 8 nitrogen and oxygen atoms in total. The second kappa shape index (κ2) is 12.5. The lowest BCUT2D eigenvalue weighted by Crippen LogP contribution is -2.32. The molecule has 2 aliphatic rings. The van der Waals surface area contributed by atoms with E-state index in [1.807, 2.05) is 24.3 Å². The number of nitrogens with one attached hydrogen (secondary N) is 3. The fourth-order valence-electron chi connectivity index (χ4n) is 6.15. The molecule has 43 heavy (non-hydrogen) atoms. The van der Waals surface area contributed by atoms with Crippen molar-refractivity contribution in [1.29, 1.82) is 0 Å². The highest BCUT2D eigenvalue weighted by atomic mass is 32.1. The van der Waals surface area contributed by atoms with Gasteiger partial charge in [-0.15, -0.1) is 0 Å². The van der Waals surface area contributed by atoms with Crippen molar-refractivity contribution in [3.8, 4) is 5.69 Å². The van der Waals surface area contributed by atoms with Crippen LogP contribution in [0.25, 0.3) is 5.69 Å². The zero-order valence-corrected chi connectivity index (χ0v) is 26.5. The molecular weight excluding hydrogens is 577 g/mol. The van der Waals surface area contributed by atoms with Crippen LogP contribution in [0.15, 0.2) is 84.9 Å². The van der Waals surface area contributed by atoms with Crippen LogP contribution in [-0.2, 0) is 9.57 Å². The van der Waals surface area contributed by atoms with Crippen molar-refractivity contribution in [2.24, 2.45) is 0 Å². The average molecular weight is 615 g/mol. The molecule has 1 fully saturated rings. The number of hydrogen-bond donors (Lipinski definition) is 3. The molecule has 0 aliphatic carbocycles. The third kappa shape index (κ3) is 6.05. The fraction of sp³-hybridized carbons (Fsp3) is 0.333. The summed E-state index contributed by atoms with van der Waals surface area (Å²) in [5.41, 5.74) is 9.82. The van der Waals surface area contributed by atoms with Gasteiger partial charge in [-0.3, -0.25) is 25.1 Å². The summed E-state index contributed by atoms with van der Waals surface area (Å²) in [5, 5.41) is 5.75. The van der Waals surface area contributed by atoms with Crippen LogP contribution in [0.5, 0.6) is 0 Å². The molecular formula is C33H38N6O2S2. The van der Waals surface area contributed by atoms with Crippen LogP contribution in [0.2, 0.25) is 0 Å². The van der Waals surface area contributed by atoms with E-state index in [-0.39, 0.29) is 30.1 Å². The highest BCUT2D eigenvalue weighted by molar-refractivity contribution is 7.72. The molecule has 4 aromatic rings. The third-order valence-electron chi connectivity index (χ3n) is 8.43. The van der Waals surface area contributed by atoms with Crippen molar-refractivity contribution in [1.82, 2.24) is 14.8 Å². The first-order valence-electron chi connectivity index (χ1n) is 14.7. The predicted molar refractivity (Wildman–Crippen MR) is 179 cm³/mol. The Morgan fingerprint density at radius 2 is 1.47 bits per heavy atom. The van der Waals surface area contributed by atoms with E-state index in [1.54, 1.807) is 4.57 Å². The van der Waals surface area contributed by atoms with Crippen molar-refractivity contribution in [3.63, 3.8) is 0 Å². The number of rotatable bonds is 11. The average Bonchev–Trinajstić information content (AvgIpc) is 3.74. The SMILES string of the molecule is CCC(CN(C)c1cccc(C2C3C=CC(O3)C2c2cccc(N(C)C)c2)c1)ONc1cccc(-n2c(=S)[nH][nH]c2=S)c1. The van der Waals surface area contributed by atoms with Crippen molar-refractivity contribution in [2.45, 2.75) is 43.5 Å². The molecule has 3 aromatic carbocycles. The molecule has 5 atom stereocenters. The van der Waals surface area contributed by atoms with Gasteiger partial charge in [0, 0.05) is 50.9 Å². The Kier molecular flexibility index (Phi) is 8.54. The fourth-order valence-corrected chi connectivity index (χ4v) is 6.70. The molecule has 0 amide bonds. The normalized spacial score (nSPS) is 21.2. The lowest BCUT2D eigenvalue weighted by molar-refractivity contribution is 0.102. The molecule has 3 N–H and O–H groups in total. The maximum atomic E-state index is 6.42. The number of benzene rings is 3. The van der Waals surface area contributed by atoms with Gasteiger partial charge in [0.15, 0.2) is 9.54 Å². The van der Waals surface area contributed by atoms with Gasteiger partial charge in [0.1, 0.15) is 6.10 Å². The molecule has 2 aliphatic heterocycles. The van der Waals surface area contributed by atoms with E-state index in [1.165, 1.54) is 16.8 Å².